The van der Waals surface area contributed by atoms with E-state index in [4.69, 9.17) is 4.98 Å². The summed E-state index contributed by atoms with van der Waals surface area (Å²) < 4.78 is 26.4. The summed E-state index contributed by atoms with van der Waals surface area (Å²) in [6, 6.07) is 22.8. The van der Waals surface area contributed by atoms with Crippen molar-refractivity contribution in [3.63, 3.8) is 0 Å². The average Bonchev–Trinajstić information content (AvgIpc) is 3.21. The number of fused-ring (bicyclic) bond motifs is 1. The summed E-state index contributed by atoms with van der Waals surface area (Å²) in [6.07, 6.45) is -0.0874. The quantitative estimate of drug-likeness (QED) is 0.338. The van der Waals surface area contributed by atoms with Crippen LogP contribution in [0.4, 0.5) is 5.13 Å². The molecular weight excluding hydrogens is 452 g/mol. The second kappa shape index (κ2) is 9.85. The third-order valence-corrected chi connectivity index (χ3v) is 8.21. The molecule has 0 radical (unpaired) electrons. The molecule has 0 saturated carbocycles. The fraction of sp³-hybridized carbons (Fsp3) is 0.231. The van der Waals surface area contributed by atoms with E-state index in [-0.39, 0.29) is 23.8 Å². The van der Waals surface area contributed by atoms with Gasteiger partial charge in [0.05, 0.1) is 28.3 Å². The van der Waals surface area contributed by atoms with Gasteiger partial charge in [-0.25, -0.2) is 13.4 Å². The maximum absolute atomic E-state index is 13.3. The molecule has 4 rings (SSSR count). The van der Waals surface area contributed by atoms with E-state index in [1.54, 1.807) is 17.0 Å². The first kappa shape index (κ1) is 23.1. The number of carbonyl (C=O) groups is 1. The van der Waals surface area contributed by atoms with Crippen LogP contribution in [0.2, 0.25) is 0 Å². The van der Waals surface area contributed by atoms with Gasteiger partial charge < -0.3 is 0 Å². The Morgan fingerprint density at radius 2 is 1.58 bits per heavy atom. The van der Waals surface area contributed by atoms with Crippen molar-refractivity contribution in [1.29, 1.82) is 0 Å². The van der Waals surface area contributed by atoms with Crippen LogP contribution in [0.5, 0.6) is 0 Å². The minimum atomic E-state index is -3.42. The fourth-order valence-corrected chi connectivity index (χ4v) is 6.15. The third-order valence-electron chi connectivity index (χ3n) is 5.38. The van der Waals surface area contributed by atoms with Gasteiger partial charge in [-0.05, 0) is 42.2 Å². The van der Waals surface area contributed by atoms with Crippen LogP contribution in [-0.4, -0.2) is 25.1 Å². The first-order chi connectivity index (χ1) is 15.8. The molecule has 0 aliphatic heterocycles. The molecule has 170 valence electrons. The number of benzene rings is 3. The lowest BCUT2D eigenvalue weighted by molar-refractivity contribution is -0.118. The summed E-state index contributed by atoms with van der Waals surface area (Å²) in [7, 11) is -3.42. The number of hydrogen-bond acceptors (Lipinski definition) is 5. The molecule has 7 heteroatoms. The Balaban J connectivity index is 1.58. The summed E-state index contributed by atoms with van der Waals surface area (Å²) in [5, 5.41) is 0.591. The molecule has 0 N–H and O–H groups in total. The Bertz CT molecular complexity index is 1360. The molecule has 5 nitrogen and oxygen atoms in total. The van der Waals surface area contributed by atoms with Gasteiger partial charge in [-0.15, -0.1) is 0 Å². The van der Waals surface area contributed by atoms with Gasteiger partial charge in [-0.1, -0.05) is 78.1 Å². The van der Waals surface area contributed by atoms with Crippen LogP contribution in [0.3, 0.4) is 0 Å². The zero-order valence-electron chi connectivity index (χ0n) is 18.7. The predicted octanol–water partition coefficient (Wildman–Crippen LogP) is 5.45. The number of aromatic nitrogens is 1. The van der Waals surface area contributed by atoms with E-state index in [0.717, 1.165) is 32.5 Å². The lowest BCUT2D eigenvalue weighted by Gasteiger charge is -2.20. The average molecular weight is 479 g/mol. The van der Waals surface area contributed by atoms with E-state index in [9.17, 15) is 13.2 Å². The van der Waals surface area contributed by atoms with Crippen molar-refractivity contribution < 1.29 is 13.2 Å². The highest BCUT2D eigenvalue weighted by Gasteiger charge is 2.23. The standard InChI is InChI=1S/C26H26N2O3S2/c1-19-15-20(2)25-23(16-19)27-26(32-25)28(17-21-9-5-3-6-10-21)24(29)13-14-33(30,31)18-22-11-7-4-8-12-22/h3-12,15-16H,13-14,17-18H2,1-2H3. The number of aryl methyl sites for hydroxylation is 2. The predicted molar refractivity (Wildman–Crippen MR) is 135 cm³/mol. The van der Waals surface area contributed by atoms with Gasteiger partial charge in [0.25, 0.3) is 0 Å². The highest BCUT2D eigenvalue weighted by Crippen LogP contribution is 2.33. The number of carbonyl (C=O) groups excluding carboxylic acids is 1. The minimum Gasteiger partial charge on any atom is -0.284 e. The zero-order chi connectivity index (χ0) is 23.4. The van der Waals surface area contributed by atoms with Crippen LogP contribution >= 0.6 is 11.3 Å². The van der Waals surface area contributed by atoms with Gasteiger partial charge in [0.1, 0.15) is 0 Å². The normalized spacial score (nSPS) is 11.6. The zero-order valence-corrected chi connectivity index (χ0v) is 20.3. The molecule has 4 aromatic rings. The summed E-state index contributed by atoms with van der Waals surface area (Å²) in [5.74, 6) is -0.516. The molecule has 0 atom stereocenters. The SMILES string of the molecule is Cc1cc(C)c2sc(N(Cc3ccccc3)C(=O)CCS(=O)(=O)Cc3ccccc3)nc2c1. The van der Waals surface area contributed by atoms with E-state index in [1.807, 2.05) is 68.4 Å². The van der Waals surface area contributed by atoms with Crippen LogP contribution in [0.25, 0.3) is 10.2 Å². The highest BCUT2D eigenvalue weighted by molar-refractivity contribution is 7.90. The molecule has 1 heterocycles. The monoisotopic (exact) mass is 478 g/mol. The third kappa shape index (κ3) is 5.86. The second-order valence-corrected chi connectivity index (χ2v) is 11.4. The van der Waals surface area contributed by atoms with E-state index in [1.165, 1.54) is 11.3 Å². The number of rotatable bonds is 8. The number of sulfone groups is 1. The Morgan fingerprint density at radius 1 is 0.939 bits per heavy atom. The van der Waals surface area contributed by atoms with Crippen LogP contribution < -0.4 is 4.90 Å². The molecule has 1 amide bonds. The second-order valence-electron chi connectivity index (χ2n) is 8.22. The summed E-state index contributed by atoms with van der Waals surface area (Å²) in [4.78, 5) is 19.7. The van der Waals surface area contributed by atoms with Crippen LogP contribution in [0.15, 0.2) is 72.8 Å². The largest absolute Gasteiger partial charge is 0.284 e. The number of thiazole rings is 1. The lowest BCUT2D eigenvalue weighted by atomic mass is 10.1. The molecule has 0 fully saturated rings. The number of amides is 1. The molecule has 0 bridgehead atoms. The van der Waals surface area contributed by atoms with Gasteiger partial charge in [0.2, 0.25) is 5.91 Å². The van der Waals surface area contributed by atoms with Crippen LogP contribution in [0, 0.1) is 13.8 Å². The molecule has 0 unspecified atom stereocenters. The fourth-order valence-electron chi connectivity index (χ4n) is 3.79. The first-order valence-corrected chi connectivity index (χ1v) is 13.4. The van der Waals surface area contributed by atoms with E-state index >= 15 is 0 Å². The Labute approximate surface area is 198 Å². The van der Waals surface area contributed by atoms with Crippen molar-refractivity contribution in [3.05, 3.63) is 95.1 Å². The maximum atomic E-state index is 13.3. The van der Waals surface area contributed by atoms with E-state index in [2.05, 4.69) is 6.07 Å². The van der Waals surface area contributed by atoms with Gasteiger partial charge in [0, 0.05) is 6.42 Å². The number of nitrogens with zero attached hydrogens (tertiary/aromatic N) is 2. The van der Waals surface area contributed by atoms with Gasteiger partial charge in [-0.3, -0.25) is 9.69 Å². The number of anilines is 1. The highest BCUT2D eigenvalue weighted by atomic mass is 32.2. The lowest BCUT2D eigenvalue weighted by Crippen LogP contribution is -2.31. The van der Waals surface area contributed by atoms with E-state index < -0.39 is 9.84 Å². The first-order valence-electron chi connectivity index (χ1n) is 10.8. The molecule has 0 aliphatic rings. The van der Waals surface area contributed by atoms with Gasteiger partial charge in [-0.2, -0.15) is 0 Å². The van der Waals surface area contributed by atoms with Crippen molar-refractivity contribution in [2.75, 3.05) is 10.7 Å². The topological polar surface area (TPSA) is 67.3 Å². The van der Waals surface area contributed by atoms with Gasteiger partial charge >= 0.3 is 0 Å². The van der Waals surface area contributed by atoms with Crippen molar-refractivity contribution in [3.8, 4) is 0 Å². The Morgan fingerprint density at radius 3 is 2.24 bits per heavy atom. The Kier molecular flexibility index (Phi) is 6.91. The van der Waals surface area contributed by atoms with Crippen LogP contribution in [0.1, 0.15) is 28.7 Å². The minimum absolute atomic E-state index is 0.0700. The molecule has 3 aromatic carbocycles. The molecule has 0 aliphatic carbocycles. The smallest absolute Gasteiger partial charge is 0.230 e. The van der Waals surface area contributed by atoms with Crippen molar-refractivity contribution in [2.24, 2.45) is 0 Å². The summed E-state index contributed by atoms with van der Waals surface area (Å²) in [5.41, 5.74) is 4.78. The number of hydrogen-bond donors (Lipinski definition) is 0. The molecular formula is C26H26N2O3S2. The van der Waals surface area contributed by atoms with E-state index in [0.29, 0.717) is 11.7 Å². The molecule has 33 heavy (non-hydrogen) atoms. The van der Waals surface area contributed by atoms with Crippen molar-refractivity contribution in [1.82, 2.24) is 4.98 Å². The molecule has 1 aromatic heterocycles. The summed E-state index contributed by atoms with van der Waals surface area (Å²) >= 11 is 1.47. The van der Waals surface area contributed by atoms with Gasteiger partial charge in [0.15, 0.2) is 15.0 Å². The summed E-state index contributed by atoms with van der Waals surface area (Å²) in [6.45, 7) is 4.41. The van der Waals surface area contributed by atoms with Crippen molar-refractivity contribution >= 4 is 42.4 Å². The molecule has 0 spiro atoms. The molecule has 0 saturated heterocycles. The maximum Gasteiger partial charge on any atom is 0.230 e. The van der Waals surface area contributed by atoms with Crippen molar-refractivity contribution in [2.45, 2.75) is 32.6 Å². The van der Waals surface area contributed by atoms with Crippen LogP contribution in [-0.2, 0) is 26.9 Å². The Hall–Kier alpha value is -3.03.